The minimum Gasteiger partial charge on any atom is -0.497 e. The first-order chi connectivity index (χ1) is 16.5. The maximum absolute atomic E-state index is 13.5. The molecule has 0 bridgehead atoms. The van der Waals surface area contributed by atoms with E-state index in [-0.39, 0.29) is 29.1 Å². The summed E-state index contributed by atoms with van der Waals surface area (Å²) in [5.41, 5.74) is 2.90. The molecule has 0 radical (unpaired) electrons. The van der Waals surface area contributed by atoms with E-state index in [1.165, 1.54) is 35.0 Å². The summed E-state index contributed by atoms with van der Waals surface area (Å²) in [6, 6.07) is 14.7. The Morgan fingerprint density at radius 2 is 1.94 bits per heavy atom. The summed E-state index contributed by atoms with van der Waals surface area (Å²) in [5, 5.41) is 6.49. The molecular weight excluding hydrogens is 455 g/mol. The molecule has 0 spiro atoms. The lowest BCUT2D eigenvalue weighted by Gasteiger charge is -2.22. The lowest BCUT2D eigenvalue weighted by atomic mass is 9.98. The molecule has 2 aromatic carbocycles. The first-order valence-corrected chi connectivity index (χ1v) is 12.0. The number of amides is 1. The average Bonchev–Trinajstić information content (AvgIpc) is 3.28. The lowest BCUT2D eigenvalue weighted by molar-refractivity contribution is -0.130. The van der Waals surface area contributed by atoms with Gasteiger partial charge < -0.3 is 9.72 Å². The Kier molecular flexibility index (Phi) is 7.42. The highest BCUT2D eigenvalue weighted by Crippen LogP contribution is 2.34. The summed E-state index contributed by atoms with van der Waals surface area (Å²) in [5.74, 6) is 0.212. The normalized spacial score (nSPS) is 15.3. The summed E-state index contributed by atoms with van der Waals surface area (Å²) < 4.78 is 18.7. The highest BCUT2D eigenvalue weighted by molar-refractivity contribution is 7.99. The maximum atomic E-state index is 13.5. The number of hydrogen-bond acceptors (Lipinski definition) is 6. The molecule has 176 valence electrons. The van der Waals surface area contributed by atoms with Crippen molar-refractivity contribution in [2.45, 2.75) is 37.4 Å². The Morgan fingerprint density at radius 1 is 1.21 bits per heavy atom. The van der Waals surface area contributed by atoms with Crippen LogP contribution in [0.5, 0.6) is 5.75 Å². The van der Waals surface area contributed by atoms with Gasteiger partial charge in [-0.3, -0.25) is 9.59 Å². The summed E-state index contributed by atoms with van der Waals surface area (Å²) in [7, 11) is 1.60. The SMILES string of the molecule is CCCc1cc(=O)[nH]c(SCC(=O)N2N=C(c3ccc(OC)cc3)C[C@H]2c2ccc(F)cc2)n1. The Bertz CT molecular complexity index is 1240. The summed E-state index contributed by atoms with van der Waals surface area (Å²) in [6.07, 6.45) is 2.06. The number of hydrazone groups is 1. The van der Waals surface area contributed by atoms with Gasteiger partial charge in [0.25, 0.3) is 11.5 Å². The van der Waals surface area contributed by atoms with Crippen LogP contribution in [0.1, 0.15) is 42.6 Å². The molecule has 1 aliphatic heterocycles. The zero-order chi connectivity index (χ0) is 24.1. The van der Waals surface area contributed by atoms with Crippen LogP contribution >= 0.6 is 11.8 Å². The van der Waals surface area contributed by atoms with Gasteiger partial charge in [0, 0.05) is 18.2 Å². The Morgan fingerprint density at radius 3 is 2.62 bits per heavy atom. The number of aryl methyl sites for hydroxylation is 1. The van der Waals surface area contributed by atoms with Crippen LogP contribution in [0.2, 0.25) is 0 Å². The summed E-state index contributed by atoms with van der Waals surface area (Å²) in [4.78, 5) is 32.3. The van der Waals surface area contributed by atoms with E-state index in [0.29, 0.717) is 23.7 Å². The van der Waals surface area contributed by atoms with Gasteiger partial charge in [-0.25, -0.2) is 14.4 Å². The van der Waals surface area contributed by atoms with E-state index in [0.717, 1.165) is 29.0 Å². The number of H-pyrrole nitrogens is 1. The Hall–Kier alpha value is -3.46. The van der Waals surface area contributed by atoms with Crippen LogP contribution in [0.25, 0.3) is 0 Å². The number of methoxy groups -OCH3 is 1. The zero-order valence-corrected chi connectivity index (χ0v) is 19.8. The van der Waals surface area contributed by atoms with Crippen LogP contribution in [-0.4, -0.2) is 39.5 Å². The number of carbonyl (C=O) groups is 1. The molecule has 0 aliphatic carbocycles. The van der Waals surface area contributed by atoms with Crippen LogP contribution in [0.15, 0.2) is 69.6 Å². The first-order valence-electron chi connectivity index (χ1n) is 11.0. The molecule has 34 heavy (non-hydrogen) atoms. The van der Waals surface area contributed by atoms with E-state index in [1.807, 2.05) is 31.2 Å². The molecule has 9 heteroatoms. The van der Waals surface area contributed by atoms with Crippen LogP contribution in [0, 0.1) is 5.82 Å². The smallest absolute Gasteiger partial charge is 0.253 e. The van der Waals surface area contributed by atoms with Crippen molar-refractivity contribution in [2.75, 3.05) is 12.9 Å². The molecule has 3 aromatic rings. The number of nitrogens with one attached hydrogen (secondary N) is 1. The van der Waals surface area contributed by atoms with Crippen molar-refractivity contribution in [2.24, 2.45) is 5.10 Å². The van der Waals surface area contributed by atoms with E-state index in [4.69, 9.17) is 4.74 Å². The van der Waals surface area contributed by atoms with Gasteiger partial charge in [0.2, 0.25) is 0 Å². The van der Waals surface area contributed by atoms with Gasteiger partial charge >= 0.3 is 0 Å². The van der Waals surface area contributed by atoms with Crippen molar-refractivity contribution in [1.29, 1.82) is 0 Å². The van der Waals surface area contributed by atoms with Crippen molar-refractivity contribution >= 4 is 23.4 Å². The number of rotatable bonds is 8. The summed E-state index contributed by atoms with van der Waals surface area (Å²) in [6.45, 7) is 2.01. The van der Waals surface area contributed by atoms with Gasteiger partial charge in [0.05, 0.1) is 24.6 Å². The van der Waals surface area contributed by atoms with E-state index in [9.17, 15) is 14.0 Å². The molecule has 0 saturated heterocycles. The van der Waals surface area contributed by atoms with Crippen molar-refractivity contribution in [1.82, 2.24) is 15.0 Å². The van der Waals surface area contributed by atoms with Crippen molar-refractivity contribution in [3.63, 3.8) is 0 Å². The van der Waals surface area contributed by atoms with E-state index < -0.39 is 0 Å². The van der Waals surface area contributed by atoms with Crippen LogP contribution in [0.4, 0.5) is 4.39 Å². The van der Waals surface area contributed by atoms with Crippen molar-refractivity contribution in [3.8, 4) is 5.75 Å². The third-order valence-corrected chi connectivity index (χ3v) is 6.31. The highest BCUT2D eigenvalue weighted by Gasteiger charge is 2.33. The Labute approximate surface area is 201 Å². The molecular formula is C25H25FN4O3S. The number of thioether (sulfide) groups is 1. The average molecular weight is 481 g/mol. The van der Waals surface area contributed by atoms with Crippen LogP contribution in [0.3, 0.4) is 0 Å². The quantitative estimate of drug-likeness (QED) is 0.383. The van der Waals surface area contributed by atoms with E-state index in [2.05, 4.69) is 15.1 Å². The van der Waals surface area contributed by atoms with Crippen LogP contribution in [-0.2, 0) is 11.2 Å². The maximum Gasteiger partial charge on any atom is 0.253 e. The van der Waals surface area contributed by atoms with Crippen molar-refractivity contribution in [3.05, 3.63) is 87.6 Å². The third-order valence-electron chi connectivity index (χ3n) is 5.46. The first kappa shape index (κ1) is 23.7. The molecule has 2 heterocycles. The number of nitrogens with zero attached hydrogens (tertiary/aromatic N) is 3. The number of carbonyl (C=O) groups excluding carboxylic acids is 1. The highest BCUT2D eigenvalue weighted by atomic mass is 32.2. The Balaban J connectivity index is 1.57. The number of aromatic nitrogens is 2. The minimum atomic E-state index is -0.357. The molecule has 0 unspecified atom stereocenters. The topological polar surface area (TPSA) is 87.7 Å². The van der Waals surface area contributed by atoms with Gasteiger partial charge in [0.15, 0.2) is 5.16 Å². The van der Waals surface area contributed by atoms with Crippen molar-refractivity contribution < 1.29 is 13.9 Å². The third kappa shape index (κ3) is 5.53. The molecule has 1 N–H and O–H groups in total. The van der Waals surface area contributed by atoms with E-state index in [1.54, 1.807) is 19.2 Å². The minimum absolute atomic E-state index is 0.0512. The number of hydrogen-bond donors (Lipinski definition) is 1. The van der Waals surface area contributed by atoms with Gasteiger partial charge in [-0.15, -0.1) is 0 Å². The molecule has 7 nitrogen and oxygen atoms in total. The second kappa shape index (κ2) is 10.6. The molecule has 1 aliphatic rings. The lowest BCUT2D eigenvalue weighted by Crippen LogP contribution is -2.28. The van der Waals surface area contributed by atoms with Gasteiger partial charge in [-0.05, 0) is 53.9 Å². The summed E-state index contributed by atoms with van der Waals surface area (Å²) >= 11 is 1.17. The number of ether oxygens (including phenoxy) is 1. The predicted octanol–water partition coefficient (Wildman–Crippen LogP) is 4.34. The number of halogens is 1. The molecule has 0 fully saturated rings. The molecule has 1 amide bonds. The number of aromatic amines is 1. The monoisotopic (exact) mass is 480 g/mol. The fourth-order valence-corrected chi connectivity index (χ4v) is 4.52. The fraction of sp³-hybridized carbons (Fsp3) is 0.280. The molecule has 0 saturated carbocycles. The predicted molar refractivity (Wildman–Crippen MR) is 130 cm³/mol. The zero-order valence-electron chi connectivity index (χ0n) is 19.0. The van der Waals surface area contributed by atoms with E-state index >= 15 is 0 Å². The van der Waals surface area contributed by atoms with Gasteiger partial charge in [-0.1, -0.05) is 37.2 Å². The molecule has 1 atom stereocenters. The molecule has 4 rings (SSSR count). The second-order valence-corrected chi connectivity index (χ2v) is 8.83. The molecule has 1 aromatic heterocycles. The van der Waals surface area contributed by atoms with Gasteiger partial charge in [-0.2, -0.15) is 5.10 Å². The van der Waals surface area contributed by atoms with Gasteiger partial charge in [0.1, 0.15) is 11.6 Å². The second-order valence-electron chi connectivity index (χ2n) is 7.87. The largest absolute Gasteiger partial charge is 0.497 e. The number of benzene rings is 2. The standard InChI is InChI=1S/C25H25FN4O3S/c1-3-4-19-13-23(31)28-25(27-19)34-15-24(32)30-22(17-5-9-18(26)10-6-17)14-21(29-30)16-7-11-20(33-2)12-8-16/h5-13,22H,3-4,14-15H2,1-2H3,(H,27,28,31)/t22-/m0/s1. The fourth-order valence-electron chi connectivity index (χ4n) is 3.77. The van der Waals surface area contributed by atoms with Crippen LogP contribution < -0.4 is 10.3 Å².